The molecule has 1 heterocycles. The van der Waals surface area contributed by atoms with Crippen LogP contribution < -0.4 is 0 Å². The van der Waals surface area contributed by atoms with Crippen LogP contribution in [-0.4, -0.2) is 22.4 Å². The number of para-hydroxylation sites is 1. The summed E-state index contributed by atoms with van der Waals surface area (Å²) in [5.41, 5.74) is -0.248. The molecule has 2 aromatic rings. The summed E-state index contributed by atoms with van der Waals surface area (Å²) in [7, 11) is 0. The van der Waals surface area contributed by atoms with E-state index in [-0.39, 0.29) is 5.56 Å². The van der Waals surface area contributed by atoms with Crippen molar-refractivity contribution in [1.82, 2.24) is 4.57 Å². The zero-order valence-corrected chi connectivity index (χ0v) is 12.0. The lowest BCUT2D eigenvalue weighted by Crippen LogP contribution is -2.26. The monoisotopic (exact) mass is 299 g/mol. The molecule has 0 aliphatic heterocycles. The second-order valence-corrected chi connectivity index (χ2v) is 5.81. The van der Waals surface area contributed by atoms with Crippen LogP contribution in [0.5, 0.6) is 0 Å². The average Bonchev–Trinajstić information content (AvgIpc) is 2.64. The fourth-order valence-corrected chi connectivity index (χ4v) is 2.07. The van der Waals surface area contributed by atoms with E-state index in [0.29, 0.717) is 10.9 Å². The maximum atomic E-state index is 12.6. The zero-order valence-electron chi connectivity index (χ0n) is 12.0. The van der Waals surface area contributed by atoms with Gasteiger partial charge in [-0.05, 0) is 32.4 Å². The third-order valence-corrected chi connectivity index (χ3v) is 2.78. The summed E-state index contributed by atoms with van der Waals surface area (Å²) in [4.78, 5) is 12.1. The van der Waals surface area contributed by atoms with E-state index in [0.717, 1.165) is 4.57 Å². The quantitative estimate of drug-likeness (QED) is 0.774. The molecule has 0 spiro atoms. The number of hydrogen-bond donors (Lipinski definition) is 0. The van der Waals surface area contributed by atoms with E-state index >= 15 is 0 Å². The van der Waals surface area contributed by atoms with Gasteiger partial charge < -0.3 is 4.74 Å². The Labute approximate surface area is 120 Å². The van der Waals surface area contributed by atoms with Gasteiger partial charge in [-0.3, -0.25) is 4.57 Å². The van der Waals surface area contributed by atoms with E-state index in [1.54, 1.807) is 45.0 Å². The Morgan fingerprint density at radius 1 is 1.19 bits per heavy atom. The lowest BCUT2D eigenvalue weighted by molar-refractivity contribution is -0.127. The maximum absolute atomic E-state index is 12.6. The topological polar surface area (TPSA) is 31.2 Å². The second-order valence-electron chi connectivity index (χ2n) is 5.81. The fraction of sp³-hybridized carbons (Fsp3) is 0.400. The first-order valence-electron chi connectivity index (χ1n) is 6.46. The third kappa shape index (κ3) is 3.77. The minimum absolute atomic E-state index is 0.0592. The number of hydrogen-bond acceptors (Lipinski definition) is 2. The Morgan fingerprint density at radius 3 is 2.38 bits per heavy atom. The number of ether oxygens (including phenoxy) is 1. The molecule has 21 heavy (non-hydrogen) atoms. The largest absolute Gasteiger partial charge is 0.443 e. The second kappa shape index (κ2) is 5.09. The van der Waals surface area contributed by atoms with Crippen LogP contribution >= 0.6 is 0 Å². The summed E-state index contributed by atoms with van der Waals surface area (Å²) in [6, 6.07) is 6.47. The molecule has 0 amide bonds. The summed E-state index contributed by atoms with van der Waals surface area (Å²) in [6.45, 7) is 5.10. The molecule has 0 aliphatic carbocycles. The highest BCUT2D eigenvalue weighted by Gasteiger charge is 2.30. The molecule has 1 aromatic carbocycles. The molecule has 0 saturated heterocycles. The van der Waals surface area contributed by atoms with Gasteiger partial charge in [-0.25, -0.2) is 4.79 Å². The molecule has 0 saturated carbocycles. The lowest BCUT2D eigenvalue weighted by atomic mass is 10.1. The van der Waals surface area contributed by atoms with Crippen molar-refractivity contribution in [1.29, 1.82) is 0 Å². The van der Waals surface area contributed by atoms with Crippen LogP contribution in [0.3, 0.4) is 0 Å². The minimum atomic E-state index is -4.33. The van der Waals surface area contributed by atoms with E-state index in [2.05, 4.69) is 0 Å². The Hall–Kier alpha value is -1.98. The highest BCUT2D eigenvalue weighted by atomic mass is 19.4. The normalized spacial score (nSPS) is 12.7. The Balaban J connectivity index is 2.48. The van der Waals surface area contributed by atoms with Crippen molar-refractivity contribution in [2.24, 2.45) is 0 Å². The average molecular weight is 299 g/mol. The molecule has 1 aromatic heterocycles. The van der Waals surface area contributed by atoms with Crippen LogP contribution in [0.1, 0.15) is 26.3 Å². The minimum Gasteiger partial charge on any atom is -0.443 e. The Bertz CT molecular complexity index is 666. The molecule has 0 radical (unpaired) electrons. The highest BCUT2D eigenvalue weighted by molar-refractivity contribution is 5.92. The van der Waals surface area contributed by atoms with Crippen molar-refractivity contribution < 1.29 is 22.7 Å². The molecule has 0 atom stereocenters. The first kappa shape index (κ1) is 15.4. The molecule has 114 valence electrons. The number of nitrogens with zero attached hydrogens (tertiary/aromatic N) is 1. The molecule has 3 nitrogen and oxygen atoms in total. The summed E-state index contributed by atoms with van der Waals surface area (Å²) in [5, 5.41) is 0.403. The number of fused-ring (bicyclic) bond motifs is 1. The van der Waals surface area contributed by atoms with Gasteiger partial charge in [0.05, 0.1) is 11.9 Å². The van der Waals surface area contributed by atoms with Crippen LogP contribution in [0.2, 0.25) is 0 Å². The summed E-state index contributed by atoms with van der Waals surface area (Å²) >= 11 is 0. The Kier molecular flexibility index (Phi) is 3.74. The maximum Gasteiger partial charge on any atom is 0.419 e. The molecule has 0 aliphatic rings. The van der Waals surface area contributed by atoms with Gasteiger partial charge in [-0.1, -0.05) is 18.2 Å². The predicted octanol–water partition coefficient (Wildman–Crippen LogP) is 4.53. The van der Waals surface area contributed by atoms with Crippen LogP contribution in [0.25, 0.3) is 10.9 Å². The van der Waals surface area contributed by atoms with Crippen molar-refractivity contribution in [2.75, 3.05) is 0 Å². The summed E-state index contributed by atoms with van der Waals surface area (Å²) in [6.07, 6.45) is -4.90. The molecule has 0 fully saturated rings. The number of alkyl halides is 3. The van der Waals surface area contributed by atoms with Gasteiger partial charge in [0.15, 0.2) is 0 Å². The van der Waals surface area contributed by atoms with E-state index in [1.165, 1.54) is 6.20 Å². The third-order valence-electron chi connectivity index (χ3n) is 2.78. The van der Waals surface area contributed by atoms with Crippen molar-refractivity contribution >= 4 is 17.0 Å². The highest BCUT2D eigenvalue weighted by Crippen LogP contribution is 2.28. The van der Waals surface area contributed by atoms with Gasteiger partial charge in [-0.15, -0.1) is 0 Å². The molecule has 6 heteroatoms. The number of carbonyl (C=O) groups is 1. The van der Waals surface area contributed by atoms with E-state index in [4.69, 9.17) is 4.74 Å². The fourth-order valence-electron chi connectivity index (χ4n) is 2.07. The van der Waals surface area contributed by atoms with E-state index in [1.807, 2.05) is 0 Å². The van der Waals surface area contributed by atoms with Crippen LogP contribution in [0, 0.1) is 0 Å². The van der Waals surface area contributed by atoms with E-state index in [9.17, 15) is 18.0 Å². The summed E-state index contributed by atoms with van der Waals surface area (Å²) < 4.78 is 44.2. The zero-order chi connectivity index (χ0) is 15.8. The summed E-state index contributed by atoms with van der Waals surface area (Å²) in [5.74, 6) is 0. The smallest absolute Gasteiger partial charge is 0.419 e. The van der Waals surface area contributed by atoms with Crippen molar-refractivity contribution in [2.45, 2.75) is 39.0 Å². The predicted molar refractivity (Wildman–Crippen MR) is 73.3 cm³/mol. The van der Waals surface area contributed by atoms with Gasteiger partial charge in [0.25, 0.3) is 0 Å². The van der Waals surface area contributed by atoms with Gasteiger partial charge in [-0.2, -0.15) is 13.2 Å². The van der Waals surface area contributed by atoms with Crippen LogP contribution in [0.15, 0.2) is 30.5 Å². The molecule has 0 unspecified atom stereocenters. The van der Waals surface area contributed by atoms with Crippen molar-refractivity contribution in [3.8, 4) is 0 Å². The molecular formula is C15H16F3NO2. The number of benzene rings is 1. The van der Waals surface area contributed by atoms with Gasteiger partial charge in [0.1, 0.15) is 5.60 Å². The van der Waals surface area contributed by atoms with Gasteiger partial charge >= 0.3 is 12.3 Å². The standard InChI is InChI=1S/C15H16F3NO2/c1-14(2,3)21-13(20)19-9-10(8-15(16,17)18)11-6-4-5-7-12(11)19/h4-7,9H,8H2,1-3H3. The van der Waals surface area contributed by atoms with Crippen molar-refractivity contribution in [3.63, 3.8) is 0 Å². The number of carbonyl (C=O) groups excluding carboxylic acids is 1. The van der Waals surface area contributed by atoms with Crippen LogP contribution in [-0.2, 0) is 11.2 Å². The number of rotatable bonds is 1. The van der Waals surface area contributed by atoms with Crippen molar-refractivity contribution in [3.05, 3.63) is 36.0 Å². The lowest BCUT2D eigenvalue weighted by Gasteiger charge is -2.19. The number of halogens is 3. The van der Waals surface area contributed by atoms with E-state index < -0.39 is 24.3 Å². The van der Waals surface area contributed by atoms with Crippen LogP contribution in [0.4, 0.5) is 18.0 Å². The molecular weight excluding hydrogens is 283 g/mol. The molecule has 0 N–H and O–H groups in total. The van der Waals surface area contributed by atoms with Gasteiger partial charge in [0, 0.05) is 11.6 Å². The Morgan fingerprint density at radius 2 is 1.81 bits per heavy atom. The SMILES string of the molecule is CC(C)(C)OC(=O)n1cc(CC(F)(F)F)c2ccccc21. The number of aromatic nitrogens is 1. The molecule has 0 bridgehead atoms. The molecule has 2 rings (SSSR count). The first-order valence-corrected chi connectivity index (χ1v) is 6.46. The van der Waals surface area contributed by atoms with Gasteiger partial charge in [0.2, 0.25) is 0 Å². The first-order chi connectivity index (χ1) is 9.57.